The van der Waals surface area contributed by atoms with E-state index in [1.54, 1.807) is 30.0 Å². The van der Waals surface area contributed by atoms with Gasteiger partial charge in [0, 0.05) is 13.1 Å². The summed E-state index contributed by atoms with van der Waals surface area (Å²) in [6.45, 7) is 3.15. The normalized spacial score (nSPS) is 18.7. The molecule has 0 bridgehead atoms. The molecule has 1 aliphatic rings. The van der Waals surface area contributed by atoms with Gasteiger partial charge in [0.05, 0.1) is 12.5 Å². The molecule has 1 saturated heterocycles. The van der Waals surface area contributed by atoms with Crippen LogP contribution in [0.25, 0.3) is 0 Å². The summed E-state index contributed by atoms with van der Waals surface area (Å²) in [4.78, 5) is 29.7. The first kappa shape index (κ1) is 14.8. The van der Waals surface area contributed by atoms with E-state index >= 15 is 0 Å². The highest BCUT2D eigenvalue weighted by Gasteiger charge is 2.30. The van der Waals surface area contributed by atoms with E-state index < -0.39 is 0 Å². The fraction of sp³-hybridized carbons (Fsp3) is 0.500. The third-order valence-corrected chi connectivity index (χ3v) is 3.47. The minimum Gasteiger partial charge on any atom is -0.466 e. The molecule has 0 aromatic carbocycles. The number of rotatable bonds is 3. The number of piperidine rings is 1. The first-order valence-corrected chi connectivity index (χ1v) is 7.08. The molecule has 0 N–H and O–H groups in total. The standard InChI is InChI=1S/C14H17ClN2O3/c1-2-20-14(19)10-5-4-8-17(9-10)13(18)11-6-3-7-12(15)16-11/h3,6-7,10H,2,4-5,8-9H2,1H3/t10-/m0/s1. The van der Waals surface area contributed by atoms with Crippen LogP contribution in [0, 0.1) is 5.92 Å². The zero-order valence-electron chi connectivity index (χ0n) is 11.3. The number of esters is 1. The number of hydrogen-bond donors (Lipinski definition) is 0. The molecule has 0 aliphatic carbocycles. The van der Waals surface area contributed by atoms with Crippen LogP contribution in [0.4, 0.5) is 0 Å². The van der Waals surface area contributed by atoms with E-state index in [0.29, 0.717) is 25.4 Å². The number of nitrogens with zero attached hydrogens (tertiary/aromatic N) is 2. The molecule has 5 nitrogen and oxygen atoms in total. The Morgan fingerprint density at radius 1 is 1.50 bits per heavy atom. The topological polar surface area (TPSA) is 59.5 Å². The maximum Gasteiger partial charge on any atom is 0.310 e. The van der Waals surface area contributed by atoms with E-state index in [-0.39, 0.29) is 22.9 Å². The van der Waals surface area contributed by atoms with Crippen molar-refractivity contribution in [1.29, 1.82) is 0 Å². The lowest BCUT2D eigenvalue weighted by molar-refractivity contribution is -0.149. The van der Waals surface area contributed by atoms with E-state index in [4.69, 9.17) is 16.3 Å². The average Bonchev–Trinajstić information content (AvgIpc) is 2.47. The van der Waals surface area contributed by atoms with E-state index in [0.717, 1.165) is 12.8 Å². The first-order valence-electron chi connectivity index (χ1n) is 6.70. The Bertz CT molecular complexity index is 507. The van der Waals surface area contributed by atoms with Gasteiger partial charge in [0.1, 0.15) is 10.8 Å². The summed E-state index contributed by atoms with van der Waals surface area (Å²) in [5.74, 6) is -0.669. The fourth-order valence-corrected chi connectivity index (χ4v) is 2.47. The number of aromatic nitrogens is 1. The van der Waals surface area contributed by atoms with Crippen LogP contribution in [-0.2, 0) is 9.53 Å². The molecule has 1 aliphatic heterocycles. The van der Waals surface area contributed by atoms with Crippen LogP contribution in [0.3, 0.4) is 0 Å². The minimum atomic E-state index is -0.244. The van der Waals surface area contributed by atoms with Crippen molar-refractivity contribution in [3.63, 3.8) is 0 Å². The van der Waals surface area contributed by atoms with E-state index in [9.17, 15) is 9.59 Å². The lowest BCUT2D eigenvalue weighted by Gasteiger charge is -2.31. The number of hydrogen-bond acceptors (Lipinski definition) is 4. The van der Waals surface area contributed by atoms with Gasteiger partial charge in [0.2, 0.25) is 0 Å². The summed E-state index contributed by atoms with van der Waals surface area (Å²) in [5, 5.41) is 0.287. The van der Waals surface area contributed by atoms with Crippen molar-refractivity contribution >= 4 is 23.5 Å². The molecule has 1 fully saturated rings. The predicted octanol–water partition coefficient (Wildman–Crippen LogP) is 2.15. The highest BCUT2D eigenvalue weighted by atomic mass is 35.5. The monoisotopic (exact) mass is 296 g/mol. The van der Waals surface area contributed by atoms with Crippen molar-refractivity contribution in [1.82, 2.24) is 9.88 Å². The Balaban J connectivity index is 2.05. The smallest absolute Gasteiger partial charge is 0.310 e. The molecule has 0 saturated carbocycles. The van der Waals surface area contributed by atoms with Gasteiger partial charge >= 0.3 is 5.97 Å². The van der Waals surface area contributed by atoms with Gasteiger partial charge in [0.25, 0.3) is 5.91 Å². The zero-order valence-corrected chi connectivity index (χ0v) is 12.1. The van der Waals surface area contributed by atoms with Crippen LogP contribution in [0.2, 0.25) is 5.15 Å². The second-order valence-corrected chi connectivity index (χ2v) is 5.08. The molecule has 2 heterocycles. The third kappa shape index (κ3) is 3.48. The summed E-state index contributed by atoms with van der Waals surface area (Å²) in [6.07, 6.45) is 1.54. The predicted molar refractivity (Wildman–Crippen MR) is 74.5 cm³/mol. The molecule has 1 amide bonds. The summed E-state index contributed by atoms with van der Waals surface area (Å²) in [6, 6.07) is 4.94. The number of pyridine rings is 1. The van der Waals surface area contributed by atoms with Crippen molar-refractivity contribution in [2.24, 2.45) is 5.92 Å². The van der Waals surface area contributed by atoms with E-state index in [1.165, 1.54) is 0 Å². The Morgan fingerprint density at radius 2 is 2.30 bits per heavy atom. The van der Waals surface area contributed by atoms with Crippen LogP contribution < -0.4 is 0 Å². The lowest BCUT2D eigenvalue weighted by atomic mass is 9.98. The summed E-state index contributed by atoms with van der Waals surface area (Å²) >= 11 is 5.79. The highest BCUT2D eigenvalue weighted by Crippen LogP contribution is 2.20. The van der Waals surface area contributed by atoms with Gasteiger partial charge in [0.15, 0.2) is 0 Å². The molecule has 6 heteroatoms. The Labute approximate surface area is 122 Å². The fourth-order valence-electron chi connectivity index (χ4n) is 2.30. The van der Waals surface area contributed by atoms with Gasteiger partial charge < -0.3 is 9.64 Å². The molecule has 20 heavy (non-hydrogen) atoms. The largest absolute Gasteiger partial charge is 0.466 e. The van der Waals surface area contributed by atoms with Gasteiger partial charge in [-0.05, 0) is 31.9 Å². The van der Waals surface area contributed by atoms with Crippen LogP contribution in [0.1, 0.15) is 30.3 Å². The highest BCUT2D eigenvalue weighted by molar-refractivity contribution is 6.29. The number of halogens is 1. The second kappa shape index (κ2) is 6.70. The van der Waals surface area contributed by atoms with Gasteiger partial charge in [-0.25, -0.2) is 4.98 Å². The molecule has 0 radical (unpaired) electrons. The number of amides is 1. The van der Waals surface area contributed by atoms with Crippen LogP contribution in [-0.4, -0.2) is 41.5 Å². The van der Waals surface area contributed by atoms with Gasteiger partial charge in [-0.1, -0.05) is 17.7 Å². The molecule has 1 aromatic heterocycles. The summed E-state index contributed by atoms with van der Waals surface area (Å²) in [5.41, 5.74) is 0.307. The van der Waals surface area contributed by atoms with Crippen molar-refractivity contribution in [2.75, 3.05) is 19.7 Å². The maximum absolute atomic E-state index is 12.3. The molecule has 108 valence electrons. The maximum atomic E-state index is 12.3. The molecule has 0 spiro atoms. The van der Waals surface area contributed by atoms with Crippen molar-refractivity contribution in [3.8, 4) is 0 Å². The first-order chi connectivity index (χ1) is 9.61. The van der Waals surface area contributed by atoms with Crippen LogP contribution in [0.15, 0.2) is 18.2 Å². The molecule has 1 atom stereocenters. The van der Waals surface area contributed by atoms with Crippen molar-refractivity contribution in [2.45, 2.75) is 19.8 Å². The number of carbonyl (C=O) groups excluding carboxylic acids is 2. The van der Waals surface area contributed by atoms with Crippen LogP contribution >= 0.6 is 11.6 Å². The second-order valence-electron chi connectivity index (χ2n) is 4.69. The number of ether oxygens (including phenoxy) is 1. The minimum absolute atomic E-state index is 0.193. The average molecular weight is 297 g/mol. The SMILES string of the molecule is CCOC(=O)[C@H]1CCCN(C(=O)c2cccc(Cl)n2)C1. The third-order valence-electron chi connectivity index (χ3n) is 3.26. The van der Waals surface area contributed by atoms with Gasteiger partial charge in [-0.3, -0.25) is 9.59 Å². The molecular weight excluding hydrogens is 280 g/mol. The van der Waals surface area contributed by atoms with Gasteiger partial charge in [-0.15, -0.1) is 0 Å². The van der Waals surface area contributed by atoms with Crippen LogP contribution in [0.5, 0.6) is 0 Å². The number of carbonyl (C=O) groups is 2. The molecule has 1 aromatic rings. The van der Waals surface area contributed by atoms with E-state index in [1.807, 2.05) is 0 Å². The molecule has 2 rings (SSSR count). The Kier molecular flexibility index (Phi) is 4.95. The lowest BCUT2D eigenvalue weighted by Crippen LogP contribution is -2.43. The summed E-state index contributed by atoms with van der Waals surface area (Å²) < 4.78 is 5.02. The Morgan fingerprint density at radius 3 is 3.00 bits per heavy atom. The summed E-state index contributed by atoms with van der Waals surface area (Å²) in [7, 11) is 0. The molecule has 0 unspecified atom stereocenters. The Hall–Kier alpha value is -1.62. The van der Waals surface area contributed by atoms with Crippen molar-refractivity contribution in [3.05, 3.63) is 29.0 Å². The van der Waals surface area contributed by atoms with Gasteiger partial charge in [-0.2, -0.15) is 0 Å². The number of likely N-dealkylation sites (tertiary alicyclic amines) is 1. The quantitative estimate of drug-likeness (QED) is 0.633. The molecular formula is C14H17ClN2O3. The van der Waals surface area contributed by atoms with Crippen molar-refractivity contribution < 1.29 is 14.3 Å². The zero-order chi connectivity index (χ0) is 14.5. The van der Waals surface area contributed by atoms with E-state index in [2.05, 4.69) is 4.98 Å².